The van der Waals surface area contributed by atoms with Crippen LogP contribution in [0.2, 0.25) is 0 Å². The Hall–Kier alpha value is -2.76. The van der Waals surface area contributed by atoms with Gasteiger partial charge in [-0.3, -0.25) is 14.9 Å². The lowest BCUT2D eigenvalue weighted by Gasteiger charge is -2.14. The van der Waals surface area contributed by atoms with E-state index in [9.17, 15) is 19.3 Å². The maximum atomic E-state index is 13.5. The van der Waals surface area contributed by atoms with Gasteiger partial charge in [-0.2, -0.15) is 4.39 Å². The third-order valence-electron chi connectivity index (χ3n) is 3.05. The van der Waals surface area contributed by atoms with Gasteiger partial charge in [0, 0.05) is 11.6 Å². The molecule has 1 unspecified atom stereocenters. The van der Waals surface area contributed by atoms with E-state index in [2.05, 4.69) is 5.32 Å². The maximum Gasteiger partial charge on any atom is 0.304 e. The Kier molecular flexibility index (Phi) is 4.27. The van der Waals surface area contributed by atoms with Crippen molar-refractivity contribution in [2.75, 3.05) is 0 Å². The topological polar surface area (TPSA) is 72.2 Å². The van der Waals surface area contributed by atoms with Crippen LogP contribution >= 0.6 is 0 Å². The minimum atomic E-state index is -1.03. The highest BCUT2D eigenvalue weighted by Crippen LogP contribution is 2.19. The highest BCUT2D eigenvalue weighted by molar-refractivity contribution is 5.94. The molecular weight excluding hydrogens is 275 g/mol. The number of rotatable bonds is 4. The number of nitrogens with one attached hydrogen (secondary N) is 1. The van der Waals surface area contributed by atoms with E-state index < -0.39 is 22.3 Å². The quantitative estimate of drug-likeness (QED) is 0.693. The number of halogens is 1. The molecule has 2 aromatic rings. The SMILES string of the molecule is CC(NC(=O)c1ccc([N+](=O)[O-])c(F)c1)c1ccccc1. The van der Waals surface area contributed by atoms with Crippen molar-refractivity contribution >= 4 is 11.6 Å². The van der Waals surface area contributed by atoms with Crippen LogP contribution in [0, 0.1) is 15.9 Å². The van der Waals surface area contributed by atoms with Crippen LogP contribution in [0.1, 0.15) is 28.9 Å². The molecule has 0 aliphatic rings. The van der Waals surface area contributed by atoms with Crippen LogP contribution in [0.5, 0.6) is 0 Å². The van der Waals surface area contributed by atoms with Crippen LogP contribution < -0.4 is 5.32 Å². The largest absolute Gasteiger partial charge is 0.346 e. The summed E-state index contributed by atoms with van der Waals surface area (Å²) in [6.45, 7) is 1.80. The van der Waals surface area contributed by atoms with E-state index in [0.29, 0.717) is 0 Å². The van der Waals surface area contributed by atoms with Gasteiger partial charge in [0.05, 0.1) is 11.0 Å². The van der Waals surface area contributed by atoms with Crippen molar-refractivity contribution in [3.63, 3.8) is 0 Å². The molecular formula is C15H13FN2O3. The molecule has 0 fully saturated rings. The van der Waals surface area contributed by atoms with Crippen molar-refractivity contribution in [1.82, 2.24) is 5.32 Å². The first-order valence-electron chi connectivity index (χ1n) is 6.29. The minimum Gasteiger partial charge on any atom is -0.346 e. The van der Waals surface area contributed by atoms with E-state index in [-0.39, 0.29) is 11.6 Å². The van der Waals surface area contributed by atoms with Crippen LogP contribution in [-0.4, -0.2) is 10.8 Å². The summed E-state index contributed by atoms with van der Waals surface area (Å²) in [6.07, 6.45) is 0. The van der Waals surface area contributed by atoms with Gasteiger partial charge in [-0.25, -0.2) is 0 Å². The summed E-state index contributed by atoms with van der Waals surface area (Å²) in [5, 5.41) is 13.2. The summed E-state index contributed by atoms with van der Waals surface area (Å²) < 4.78 is 13.5. The predicted octanol–water partition coefficient (Wildman–Crippen LogP) is 3.22. The molecule has 0 saturated heterocycles. The second-order valence-electron chi connectivity index (χ2n) is 4.53. The molecule has 0 aliphatic carbocycles. The highest BCUT2D eigenvalue weighted by Gasteiger charge is 2.17. The van der Waals surface area contributed by atoms with Crippen molar-refractivity contribution in [2.24, 2.45) is 0 Å². The Morgan fingerprint density at radius 3 is 2.48 bits per heavy atom. The third kappa shape index (κ3) is 3.42. The van der Waals surface area contributed by atoms with E-state index in [1.54, 1.807) is 6.92 Å². The monoisotopic (exact) mass is 288 g/mol. The molecule has 108 valence electrons. The first kappa shape index (κ1) is 14.6. The molecule has 0 aromatic heterocycles. The molecule has 2 aromatic carbocycles. The average Bonchev–Trinajstić information content (AvgIpc) is 2.47. The number of hydrogen-bond donors (Lipinski definition) is 1. The van der Waals surface area contributed by atoms with Crippen molar-refractivity contribution in [3.8, 4) is 0 Å². The van der Waals surface area contributed by atoms with Gasteiger partial charge in [-0.15, -0.1) is 0 Å². The molecule has 0 aliphatic heterocycles. The lowest BCUT2D eigenvalue weighted by molar-refractivity contribution is -0.387. The molecule has 0 heterocycles. The molecule has 21 heavy (non-hydrogen) atoms. The van der Waals surface area contributed by atoms with Gasteiger partial charge in [0.15, 0.2) is 0 Å². The molecule has 1 N–H and O–H groups in total. The van der Waals surface area contributed by atoms with E-state index in [4.69, 9.17) is 0 Å². The van der Waals surface area contributed by atoms with Crippen molar-refractivity contribution < 1.29 is 14.1 Å². The lowest BCUT2D eigenvalue weighted by atomic mass is 10.1. The van der Waals surface area contributed by atoms with Crippen molar-refractivity contribution in [2.45, 2.75) is 13.0 Å². The first-order chi connectivity index (χ1) is 9.99. The van der Waals surface area contributed by atoms with Crippen LogP contribution in [0.4, 0.5) is 10.1 Å². The summed E-state index contributed by atoms with van der Waals surface area (Å²) in [7, 11) is 0. The van der Waals surface area contributed by atoms with Crippen molar-refractivity contribution in [3.05, 3.63) is 75.6 Å². The zero-order valence-corrected chi connectivity index (χ0v) is 11.2. The number of nitro groups is 1. The molecule has 0 radical (unpaired) electrons. The van der Waals surface area contributed by atoms with Crippen LogP contribution in [0.3, 0.4) is 0 Å². The summed E-state index contributed by atoms with van der Waals surface area (Å²) >= 11 is 0. The minimum absolute atomic E-state index is 0.0425. The molecule has 1 amide bonds. The summed E-state index contributed by atoms with van der Waals surface area (Å²) in [4.78, 5) is 21.7. The van der Waals surface area contributed by atoms with E-state index in [1.165, 1.54) is 6.07 Å². The Morgan fingerprint density at radius 2 is 1.90 bits per heavy atom. The lowest BCUT2D eigenvalue weighted by Crippen LogP contribution is -2.26. The molecule has 1 atom stereocenters. The van der Waals surface area contributed by atoms with Gasteiger partial charge < -0.3 is 5.32 Å². The number of benzene rings is 2. The fourth-order valence-electron chi connectivity index (χ4n) is 1.90. The van der Waals surface area contributed by atoms with Crippen LogP contribution in [-0.2, 0) is 0 Å². The molecule has 6 heteroatoms. The summed E-state index contributed by atoms with van der Waals surface area (Å²) in [6, 6.07) is 12.1. The summed E-state index contributed by atoms with van der Waals surface area (Å²) in [5.41, 5.74) is 0.303. The number of amides is 1. The van der Waals surface area contributed by atoms with Crippen LogP contribution in [0.25, 0.3) is 0 Å². The van der Waals surface area contributed by atoms with Crippen molar-refractivity contribution in [1.29, 1.82) is 0 Å². The smallest absolute Gasteiger partial charge is 0.304 e. The Morgan fingerprint density at radius 1 is 1.24 bits per heavy atom. The number of carbonyl (C=O) groups is 1. The number of carbonyl (C=O) groups excluding carboxylic acids is 1. The number of nitrogens with zero attached hydrogens (tertiary/aromatic N) is 1. The fraction of sp³-hybridized carbons (Fsp3) is 0.133. The van der Waals surface area contributed by atoms with Gasteiger partial charge in [0.2, 0.25) is 5.82 Å². The van der Waals surface area contributed by atoms with E-state index in [0.717, 1.165) is 17.7 Å². The number of hydrogen-bond acceptors (Lipinski definition) is 3. The standard InChI is InChI=1S/C15H13FN2O3/c1-10(11-5-3-2-4-6-11)17-15(19)12-7-8-14(18(20)21)13(16)9-12/h2-10H,1H3,(H,17,19). The van der Waals surface area contributed by atoms with Gasteiger partial charge in [0.25, 0.3) is 5.91 Å². The predicted molar refractivity (Wildman–Crippen MR) is 75.4 cm³/mol. The Balaban J connectivity index is 2.14. The molecule has 0 spiro atoms. The van der Waals surface area contributed by atoms with Gasteiger partial charge >= 0.3 is 5.69 Å². The molecule has 2 rings (SSSR count). The highest BCUT2D eigenvalue weighted by atomic mass is 19.1. The molecule has 0 bridgehead atoms. The average molecular weight is 288 g/mol. The van der Waals surface area contributed by atoms with Crippen LogP contribution in [0.15, 0.2) is 48.5 Å². The Bertz CT molecular complexity index is 674. The zero-order chi connectivity index (χ0) is 15.4. The first-order valence-corrected chi connectivity index (χ1v) is 6.29. The molecule has 0 saturated carbocycles. The van der Waals surface area contributed by atoms with E-state index >= 15 is 0 Å². The molecule has 5 nitrogen and oxygen atoms in total. The van der Waals surface area contributed by atoms with E-state index in [1.807, 2.05) is 30.3 Å². The zero-order valence-electron chi connectivity index (χ0n) is 11.2. The van der Waals surface area contributed by atoms with Gasteiger partial charge in [-0.1, -0.05) is 30.3 Å². The second kappa shape index (κ2) is 6.13. The Labute approximate surface area is 120 Å². The van der Waals surface area contributed by atoms with Gasteiger partial charge in [-0.05, 0) is 24.6 Å². The number of nitro benzene ring substituents is 1. The summed E-state index contributed by atoms with van der Waals surface area (Å²) in [5.74, 6) is -1.51. The second-order valence-corrected chi connectivity index (χ2v) is 4.53. The fourth-order valence-corrected chi connectivity index (χ4v) is 1.90. The normalized spacial score (nSPS) is 11.7. The third-order valence-corrected chi connectivity index (χ3v) is 3.05. The maximum absolute atomic E-state index is 13.5. The van der Waals surface area contributed by atoms with Gasteiger partial charge in [0.1, 0.15) is 0 Å².